The fourth-order valence-electron chi connectivity index (χ4n) is 3.62. The average molecular weight is 342 g/mol. The van der Waals surface area contributed by atoms with E-state index in [4.69, 9.17) is 0 Å². The molecule has 3 rings (SSSR count). The average Bonchev–Trinajstić information content (AvgIpc) is 2.85. The molecule has 2 aliphatic rings. The van der Waals surface area contributed by atoms with Crippen LogP contribution in [0.5, 0.6) is 0 Å². The summed E-state index contributed by atoms with van der Waals surface area (Å²) in [7, 11) is 2.09. The van der Waals surface area contributed by atoms with E-state index in [-0.39, 0.29) is 29.8 Å². The third kappa shape index (κ3) is 4.66. The van der Waals surface area contributed by atoms with Crippen LogP contribution < -0.4 is 10.6 Å². The molecule has 0 radical (unpaired) electrons. The smallest absolute Gasteiger partial charge is 0.225 e. The van der Waals surface area contributed by atoms with Gasteiger partial charge in [0, 0.05) is 31.1 Å². The molecule has 23 heavy (non-hydrogen) atoms. The van der Waals surface area contributed by atoms with Crippen molar-refractivity contribution >= 4 is 24.0 Å². The van der Waals surface area contributed by atoms with E-state index >= 15 is 0 Å². The zero-order valence-corrected chi connectivity index (χ0v) is 14.2. The number of nitrogens with one attached hydrogen (secondary N) is 2. The maximum Gasteiger partial charge on any atom is 0.225 e. The Balaban J connectivity index is 0.00000192. The summed E-state index contributed by atoms with van der Waals surface area (Å²) in [6, 6.07) is 8.13. The molecule has 0 spiro atoms. The van der Waals surface area contributed by atoms with Crippen LogP contribution in [0.3, 0.4) is 0 Å². The van der Waals surface area contributed by atoms with Crippen LogP contribution in [0.2, 0.25) is 0 Å². The lowest BCUT2D eigenvalue weighted by atomic mass is 9.98. The van der Waals surface area contributed by atoms with E-state index in [9.17, 15) is 9.18 Å². The molecule has 128 valence electrons. The van der Waals surface area contributed by atoms with Crippen LogP contribution in [0.25, 0.3) is 0 Å². The molecule has 2 heterocycles. The van der Waals surface area contributed by atoms with Gasteiger partial charge in [-0.05, 0) is 44.9 Å². The quantitative estimate of drug-likeness (QED) is 0.865. The molecule has 2 atom stereocenters. The van der Waals surface area contributed by atoms with Crippen LogP contribution in [0.4, 0.5) is 10.1 Å². The van der Waals surface area contributed by atoms with Crippen molar-refractivity contribution in [2.45, 2.75) is 50.2 Å². The van der Waals surface area contributed by atoms with E-state index in [0.29, 0.717) is 31.1 Å². The number of rotatable bonds is 5. The Labute approximate surface area is 143 Å². The summed E-state index contributed by atoms with van der Waals surface area (Å²) in [6.45, 7) is 0.713. The Bertz CT molecular complexity index is 530. The predicted molar refractivity (Wildman–Crippen MR) is 92.5 cm³/mol. The molecule has 2 fully saturated rings. The van der Waals surface area contributed by atoms with Gasteiger partial charge in [-0.3, -0.25) is 4.79 Å². The van der Waals surface area contributed by atoms with E-state index in [1.165, 1.54) is 31.7 Å². The first kappa shape index (κ1) is 18.2. The molecule has 2 saturated heterocycles. The standard InChI is InChI=1S/C17H24FN3O.ClH/c1-21(14-10-12-6-7-13(11-14)19-12)9-8-17(22)20-16-5-3-2-4-15(16)18;/h2-5,12-14,19H,6-11H2,1H3,(H,20,22);1H. The second-order valence-electron chi connectivity index (χ2n) is 6.52. The van der Waals surface area contributed by atoms with E-state index in [1.54, 1.807) is 18.2 Å². The Morgan fingerprint density at radius 3 is 2.61 bits per heavy atom. The topological polar surface area (TPSA) is 44.4 Å². The second-order valence-corrected chi connectivity index (χ2v) is 6.52. The molecule has 0 saturated carbocycles. The number of piperidine rings is 1. The Morgan fingerprint density at radius 2 is 1.96 bits per heavy atom. The lowest BCUT2D eigenvalue weighted by Crippen LogP contribution is -2.47. The van der Waals surface area contributed by atoms with Gasteiger partial charge in [0.05, 0.1) is 5.69 Å². The van der Waals surface area contributed by atoms with Crippen molar-refractivity contribution in [2.24, 2.45) is 0 Å². The molecule has 0 aromatic heterocycles. The summed E-state index contributed by atoms with van der Waals surface area (Å²) in [5.74, 6) is -0.520. The number of benzene rings is 1. The van der Waals surface area contributed by atoms with Gasteiger partial charge in [0.15, 0.2) is 0 Å². The number of hydrogen-bond donors (Lipinski definition) is 2. The van der Waals surface area contributed by atoms with Gasteiger partial charge in [0.2, 0.25) is 5.91 Å². The van der Waals surface area contributed by atoms with Gasteiger partial charge in [0.1, 0.15) is 5.82 Å². The van der Waals surface area contributed by atoms with Gasteiger partial charge >= 0.3 is 0 Å². The summed E-state index contributed by atoms with van der Waals surface area (Å²) in [4.78, 5) is 14.3. The fourth-order valence-corrected chi connectivity index (χ4v) is 3.62. The Kier molecular flexibility index (Phi) is 6.39. The molecule has 1 amide bonds. The van der Waals surface area contributed by atoms with Crippen molar-refractivity contribution in [1.29, 1.82) is 0 Å². The third-order valence-electron chi connectivity index (χ3n) is 4.91. The van der Waals surface area contributed by atoms with Crippen molar-refractivity contribution < 1.29 is 9.18 Å². The molecule has 2 N–H and O–H groups in total. The highest BCUT2D eigenvalue weighted by Crippen LogP contribution is 2.29. The maximum absolute atomic E-state index is 13.5. The highest BCUT2D eigenvalue weighted by Gasteiger charge is 2.34. The highest BCUT2D eigenvalue weighted by molar-refractivity contribution is 5.90. The lowest BCUT2D eigenvalue weighted by molar-refractivity contribution is -0.116. The number of anilines is 1. The van der Waals surface area contributed by atoms with E-state index in [1.807, 2.05) is 0 Å². The summed E-state index contributed by atoms with van der Waals surface area (Å²) < 4.78 is 13.5. The Morgan fingerprint density at radius 1 is 1.30 bits per heavy atom. The maximum atomic E-state index is 13.5. The normalized spacial score (nSPS) is 26.0. The zero-order valence-electron chi connectivity index (χ0n) is 13.4. The summed E-state index contributed by atoms with van der Waals surface area (Å²) in [5, 5.41) is 6.28. The van der Waals surface area contributed by atoms with Crippen LogP contribution in [0.1, 0.15) is 32.1 Å². The monoisotopic (exact) mass is 341 g/mol. The number of nitrogens with zero attached hydrogens (tertiary/aromatic N) is 1. The minimum atomic E-state index is -0.390. The molecule has 0 aliphatic carbocycles. The van der Waals surface area contributed by atoms with Crippen molar-refractivity contribution in [3.05, 3.63) is 30.1 Å². The SMILES string of the molecule is CN(CCC(=O)Nc1ccccc1F)C1CC2CCC(C1)N2.Cl. The molecule has 2 unspecified atom stereocenters. The largest absolute Gasteiger partial charge is 0.324 e. The van der Waals surface area contributed by atoms with Crippen molar-refractivity contribution in [2.75, 3.05) is 18.9 Å². The number of hydrogen-bond acceptors (Lipinski definition) is 3. The van der Waals surface area contributed by atoms with Crippen LogP contribution in [-0.2, 0) is 4.79 Å². The summed E-state index contributed by atoms with van der Waals surface area (Å²) >= 11 is 0. The van der Waals surface area contributed by atoms with Crippen molar-refractivity contribution in [1.82, 2.24) is 10.2 Å². The van der Waals surface area contributed by atoms with Gasteiger partial charge in [0.25, 0.3) is 0 Å². The van der Waals surface area contributed by atoms with Crippen LogP contribution in [-0.4, -0.2) is 42.5 Å². The summed E-state index contributed by atoms with van der Waals surface area (Å²) in [6.07, 6.45) is 5.29. The number of fused-ring (bicyclic) bond motifs is 2. The van der Waals surface area contributed by atoms with Gasteiger partial charge in [-0.25, -0.2) is 4.39 Å². The number of carbonyl (C=O) groups is 1. The zero-order chi connectivity index (χ0) is 15.5. The van der Waals surface area contributed by atoms with Crippen LogP contribution in [0, 0.1) is 5.82 Å². The lowest BCUT2D eigenvalue weighted by Gasteiger charge is -2.35. The minimum absolute atomic E-state index is 0. The number of para-hydroxylation sites is 1. The Hall–Kier alpha value is -1.17. The number of amides is 1. The second kappa shape index (κ2) is 8.08. The first-order chi connectivity index (χ1) is 10.6. The predicted octanol–water partition coefficient (Wildman–Crippen LogP) is 2.79. The highest BCUT2D eigenvalue weighted by atomic mass is 35.5. The fraction of sp³-hybridized carbons (Fsp3) is 0.588. The number of carbonyl (C=O) groups excluding carboxylic acids is 1. The molecule has 6 heteroatoms. The minimum Gasteiger partial charge on any atom is -0.324 e. The molecule has 1 aromatic rings. The molecule has 2 bridgehead atoms. The first-order valence-corrected chi connectivity index (χ1v) is 8.12. The van der Waals surface area contributed by atoms with Crippen LogP contribution >= 0.6 is 12.4 Å². The van der Waals surface area contributed by atoms with Gasteiger partial charge in [-0.15, -0.1) is 12.4 Å². The summed E-state index contributed by atoms with van der Waals surface area (Å²) in [5.41, 5.74) is 0.259. The molecule has 1 aromatic carbocycles. The molecular formula is C17H25ClFN3O. The molecule has 2 aliphatic heterocycles. The van der Waals surface area contributed by atoms with Gasteiger partial charge < -0.3 is 15.5 Å². The van der Waals surface area contributed by atoms with Gasteiger partial charge in [-0.2, -0.15) is 0 Å². The molecule has 4 nitrogen and oxygen atoms in total. The number of halogens is 2. The van der Waals surface area contributed by atoms with E-state index in [2.05, 4.69) is 22.6 Å². The van der Waals surface area contributed by atoms with Crippen LogP contribution in [0.15, 0.2) is 24.3 Å². The van der Waals surface area contributed by atoms with E-state index in [0.717, 1.165) is 0 Å². The van der Waals surface area contributed by atoms with Crippen molar-refractivity contribution in [3.63, 3.8) is 0 Å². The molecular weight excluding hydrogens is 317 g/mol. The van der Waals surface area contributed by atoms with Crippen molar-refractivity contribution in [3.8, 4) is 0 Å². The van der Waals surface area contributed by atoms with E-state index < -0.39 is 0 Å². The third-order valence-corrected chi connectivity index (χ3v) is 4.91. The first-order valence-electron chi connectivity index (χ1n) is 8.12. The van der Waals surface area contributed by atoms with Gasteiger partial charge in [-0.1, -0.05) is 12.1 Å².